The molecule has 2 aromatic rings. The van der Waals surface area contributed by atoms with Gasteiger partial charge in [-0.2, -0.15) is 0 Å². The zero-order chi connectivity index (χ0) is 15.6. The molecule has 0 saturated heterocycles. The van der Waals surface area contributed by atoms with Crippen LogP contribution >= 0.6 is 0 Å². The molecule has 4 radical (unpaired) electrons. The molecular weight excluding hydrogens is 495 g/mol. The van der Waals surface area contributed by atoms with Gasteiger partial charge in [-0.3, -0.25) is 0 Å². The van der Waals surface area contributed by atoms with Gasteiger partial charge in [-0.25, -0.2) is 0 Å². The molecule has 0 aromatic heterocycles. The number of aromatic hydroxyl groups is 4. The number of phenols is 4. The van der Waals surface area contributed by atoms with Gasteiger partial charge in [0.25, 0.3) is 0 Å². The van der Waals surface area contributed by atoms with Gasteiger partial charge in [-0.1, -0.05) is 6.07 Å². The molecule has 1 aliphatic heterocycles. The second-order valence-corrected chi connectivity index (χ2v) is 5.89. The topological polar surface area (TPSA) is 110 Å². The van der Waals surface area contributed by atoms with Crippen LogP contribution in [-0.4, -0.2) is 65.0 Å². The number of fused-ring (bicyclic) bond motifs is 5. The summed E-state index contributed by atoms with van der Waals surface area (Å²) in [5, 5.41) is 49.8. The van der Waals surface area contributed by atoms with Crippen molar-refractivity contribution in [2.45, 2.75) is 17.9 Å². The molecule has 0 saturated carbocycles. The Morgan fingerprint density at radius 3 is 2.39 bits per heavy atom. The molecule has 6 nitrogen and oxygen atoms in total. The quantitative estimate of drug-likeness (QED) is 0.267. The van der Waals surface area contributed by atoms with Crippen LogP contribution < -0.4 is 4.74 Å². The number of benzene rings is 2. The van der Waals surface area contributed by atoms with Crippen LogP contribution in [0.3, 0.4) is 0 Å². The number of hydrogen-bond donors (Lipinski definition) is 5. The van der Waals surface area contributed by atoms with Gasteiger partial charge in [0, 0.05) is 45.2 Å². The summed E-state index contributed by atoms with van der Waals surface area (Å²) >= 11 is 0. The smallest absolute Gasteiger partial charge is 0.200 e. The Bertz CT molecular complexity index is 806. The van der Waals surface area contributed by atoms with Crippen LogP contribution in [-0.2, 0) is 6.42 Å². The third-order valence-electron chi connectivity index (χ3n) is 4.50. The zero-order valence-corrected chi connectivity index (χ0v) is 15.8. The molecule has 23 heavy (non-hydrogen) atoms. The standard InChI is InChI=1S/C16H14O6.Pb/c17-10-2-1-8-13-9-4-12(19)11(18)3-7(9)5-16(13,21)6-22-15(8)14(10)20;/h1-4,13,17-21H,5-6H2;/t13-,16+;/m1./s1. The number of hydrogen-bond acceptors (Lipinski definition) is 6. The second kappa shape index (κ2) is 5.17. The van der Waals surface area contributed by atoms with E-state index >= 15 is 0 Å². The fourth-order valence-electron chi connectivity index (χ4n) is 3.52. The molecule has 4 rings (SSSR count). The molecule has 2 aromatic carbocycles. The first-order valence-corrected chi connectivity index (χ1v) is 6.85. The molecule has 0 amide bonds. The summed E-state index contributed by atoms with van der Waals surface area (Å²) < 4.78 is 5.46. The molecule has 1 heterocycles. The fourth-order valence-corrected chi connectivity index (χ4v) is 3.52. The Morgan fingerprint density at radius 1 is 0.957 bits per heavy atom. The molecule has 0 spiro atoms. The molecule has 1 aliphatic carbocycles. The van der Waals surface area contributed by atoms with E-state index in [0.29, 0.717) is 16.7 Å². The van der Waals surface area contributed by atoms with Gasteiger partial charge in [-0.15, -0.1) is 0 Å². The first-order chi connectivity index (χ1) is 10.4. The number of phenolic OH excluding ortho intramolecular Hbond substituents is 4. The van der Waals surface area contributed by atoms with E-state index in [1.165, 1.54) is 18.2 Å². The van der Waals surface area contributed by atoms with Crippen molar-refractivity contribution < 1.29 is 30.3 Å². The third kappa shape index (κ3) is 2.15. The van der Waals surface area contributed by atoms with Gasteiger partial charge in [0.1, 0.15) is 12.2 Å². The van der Waals surface area contributed by atoms with Crippen LogP contribution in [0.15, 0.2) is 24.3 Å². The van der Waals surface area contributed by atoms with Crippen molar-refractivity contribution in [3.63, 3.8) is 0 Å². The molecule has 0 bridgehead atoms. The average Bonchev–Trinajstić information content (AvgIpc) is 2.75. The van der Waals surface area contributed by atoms with Crippen LogP contribution in [0.25, 0.3) is 0 Å². The monoisotopic (exact) mass is 510 g/mol. The van der Waals surface area contributed by atoms with E-state index in [-0.39, 0.29) is 69.1 Å². The summed E-state index contributed by atoms with van der Waals surface area (Å²) in [5.41, 5.74) is 0.700. The van der Waals surface area contributed by atoms with Crippen LogP contribution in [0, 0.1) is 0 Å². The molecule has 0 fully saturated rings. The summed E-state index contributed by atoms with van der Waals surface area (Å²) in [5.74, 6) is -1.54. The number of rotatable bonds is 0. The molecule has 7 heteroatoms. The molecule has 2 aliphatic rings. The van der Waals surface area contributed by atoms with Gasteiger partial charge in [0.2, 0.25) is 5.75 Å². The van der Waals surface area contributed by atoms with E-state index < -0.39 is 11.5 Å². The van der Waals surface area contributed by atoms with Crippen LogP contribution in [0.5, 0.6) is 28.7 Å². The van der Waals surface area contributed by atoms with Crippen molar-refractivity contribution in [2.75, 3.05) is 6.61 Å². The zero-order valence-electron chi connectivity index (χ0n) is 11.9. The first-order valence-electron chi connectivity index (χ1n) is 6.85. The first kappa shape index (κ1) is 16.2. The summed E-state index contributed by atoms with van der Waals surface area (Å²) in [6.07, 6.45) is 0.266. The molecule has 2 atom stereocenters. The summed E-state index contributed by atoms with van der Waals surface area (Å²) in [4.78, 5) is 0. The van der Waals surface area contributed by atoms with E-state index in [9.17, 15) is 25.5 Å². The van der Waals surface area contributed by atoms with Crippen molar-refractivity contribution in [2.24, 2.45) is 0 Å². The van der Waals surface area contributed by atoms with Crippen molar-refractivity contribution >= 4 is 27.3 Å². The van der Waals surface area contributed by atoms with Gasteiger partial charge >= 0.3 is 0 Å². The molecule has 5 N–H and O–H groups in total. The second-order valence-electron chi connectivity index (χ2n) is 5.89. The van der Waals surface area contributed by atoms with Crippen molar-refractivity contribution in [1.82, 2.24) is 0 Å². The Balaban J connectivity index is 0.00000156. The van der Waals surface area contributed by atoms with E-state index in [0.717, 1.165) is 0 Å². The van der Waals surface area contributed by atoms with Crippen LogP contribution in [0.1, 0.15) is 22.6 Å². The van der Waals surface area contributed by atoms with Gasteiger partial charge < -0.3 is 30.3 Å². The third-order valence-corrected chi connectivity index (χ3v) is 4.50. The van der Waals surface area contributed by atoms with Gasteiger partial charge in [0.15, 0.2) is 23.0 Å². The Labute approximate surface area is 151 Å². The normalized spacial score (nSPS) is 24.0. The van der Waals surface area contributed by atoms with E-state index in [1.54, 1.807) is 6.07 Å². The minimum atomic E-state index is -1.22. The summed E-state index contributed by atoms with van der Waals surface area (Å²) in [7, 11) is 0. The predicted molar refractivity (Wildman–Crippen MR) is 81.3 cm³/mol. The Hall–Kier alpha value is -1.68. The average molecular weight is 509 g/mol. The molecule has 0 unspecified atom stereocenters. The maximum absolute atomic E-state index is 10.9. The van der Waals surface area contributed by atoms with Crippen LogP contribution in [0.2, 0.25) is 0 Å². The predicted octanol–water partition coefficient (Wildman–Crippen LogP) is 0.940. The fraction of sp³-hybridized carbons (Fsp3) is 0.250. The summed E-state index contributed by atoms with van der Waals surface area (Å²) in [6, 6.07) is 5.77. The summed E-state index contributed by atoms with van der Waals surface area (Å²) in [6.45, 7) is -0.0577. The maximum Gasteiger partial charge on any atom is 0.200 e. The van der Waals surface area contributed by atoms with E-state index in [4.69, 9.17) is 4.74 Å². The minimum Gasteiger partial charge on any atom is -0.504 e. The molecule has 118 valence electrons. The largest absolute Gasteiger partial charge is 0.504 e. The van der Waals surface area contributed by atoms with Crippen molar-refractivity contribution in [1.29, 1.82) is 0 Å². The van der Waals surface area contributed by atoms with Crippen molar-refractivity contribution in [3.05, 3.63) is 41.0 Å². The SMILES string of the molecule is Oc1cc2c(cc1O)[C@H]1c3ccc(O)c(O)c3OC[C@@]1(O)C2.[Pb]. The van der Waals surface area contributed by atoms with Gasteiger partial charge in [0.05, 0.1) is 0 Å². The molecular formula is C16H14O6Pb. The van der Waals surface area contributed by atoms with Crippen LogP contribution in [0.4, 0.5) is 0 Å². The Morgan fingerprint density at radius 2 is 1.65 bits per heavy atom. The number of ether oxygens (including phenoxy) is 1. The maximum atomic E-state index is 10.9. The van der Waals surface area contributed by atoms with Crippen molar-refractivity contribution in [3.8, 4) is 28.7 Å². The van der Waals surface area contributed by atoms with E-state index in [1.807, 2.05) is 0 Å². The minimum absolute atomic E-state index is 0. The van der Waals surface area contributed by atoms with E-state index in [2.05, 4.69) is 0 Å². The Kier molecular flexibility index (Phi) is 3.64. The number of aliphatic hydroxyl groups is 1. The van der Waals surface area contributed by atoms with Gasteiger partial charge in [-0.05, 0) is 29.3 Å².